The van der Waals surface area contributed by atoms with Gasteiger partial charge in [-0.05, 0) is 19.4 Å². The Kier molecular flexibility index (Phi) is 4.42. The summed E-state index contributed by atoms with van der Waals surface area (Å²) < 4.78 is 6.74. The van der Waals surface area contributed by atoms with Crippen molar-refractivity contribution in [1.29, 1.82) is 0 Å². The van der Waals surface area contributed by atoms with Gasteiger partial charge >= 0.3 is 0 Å². The van der Waals surface area contributed by atoms with Crippen LogP contribution in [0, 0.1) is 0 Å². The molecule has 0 aliphatic heterocycles. The zero-order valence-corrected chi connectivity index (χ0v) is 12.4. The number of aryl methyl sites for hydroxylation is 2. The van der Waals surface area contributed by atoms with E-state index in [4.69, 9.17) is 10.5 Å². The zero-order valence-electron chi connectivity index (χ0n) is 12.4. The lowest BCUT2D eigenvalue weighted by Crippen LogP contribution is -2.17. The Bertz CT molecular complexity index is 634. The van der Waals surface area contributed by atoms with Gasteiger partial charge < -0.3 is 15.8 Å². The van der Waals surface area contributed by atoms with Gasteiger partial charge in [-0.2, -0.15) is 5.10 Å². The first-order chi connectivity index (χ1) is 10.1. The van der Waals surface area contributed by atoms with Gasteiger partial charge in [0.15, 0.2) is 0 Å². The van der Waals surface area contributed by atoms with Gasteiger partial charge in [-0.3, -0.25) is 9.48 Å². The van der Waals surface area contributed by atoms with Crippen LogP contribution in [0.2, 0.25) is 0 Å². The molecular weight excluding hydrogens is 270 g/mol. The second-order valence-corrected chi connectivity index (χ2v) is 4.46. The van der Waals surface area contributed by atoms with Crippen LogP contribution < -0.4 is 15.8 Å². The first kappa shape index (κ1) is 14.8. The molecule has 7 nitrogen and oxygen atoms in total. The molecule has 0 spiro atoms. The molecule has 0 radical (unpaired) electrons. The molecule has 2 rings (SSSR count). The molecule has 0 unspecified atom stereocenters. The fourth-order valence-electron chi connectivity index (χ4n) is 2.00. The van der Waals surface area contributed by atoms with Crippen LogP contribution in [0.3, 0.4) is 0 Å². The second-order valence-electron chi connectivity index (χ2n) is 4.46. The summed E-state index contributed by atoms with van der Waals surface area (Å²) >= 11 is 0. The molecule has 0 bridgehead atoms. The summed E-state index contributed by atoms with van der Waals surface area (Å²) in [7, 11) is 1.70. The topological polar surface area (TPSA) is 95.1 Å². The number of rotatable bonds is 5. The summed E-state index contributed by atoms with van der Waals surface area (Å²) in [4.78, 5) is 16.4. The van der Waals surface area contributed by atoms with Crippen LogP contribution in [0.4, 0.5) is 11.4 Å². The predicted molar refractivity (Wildman–Crippen MR) is 80.4 cm³/mol. The average molecular weight is 289 g/mol. The number of amides is 1. The van der Waals surface area contributed by atoms with Gasteiger partial charge in [0.05, 0.1) is 29.9 Å². The van der Waals surface area contributed by atoms with Crippen molar-refractivity contribution in [1.82, 2.24) is 14.8 Å². The first-order valence-corrected chi connectivity index (χ1v) is 6.78. The van der Waals surface area contributed by atoms with E-state index in [0.717, 1.165) is 0 Å². The highest BCUT2D eigenvalue weighted by Gasteiger charge is 2.19. The first-order valence-electron chi connectivity index (χ1n) is 6.78. The van der Waals surface area contributed by atoms with Crippen molar-refractivity contribution in [2.45, 2.75) is 20.3 Å². The number of carbonyl (C=O) groups is 1. The number of nitrogens with one attached hydrogen (secondary N) is 1. The summed E-state index contributed by atoms with van der Waals surface area (Å²) in [6, 6.07) is 3.42. The van der Waals surface area contributed by atoms with Gasteiger partial charge in [-0.1, -0.05) is 6.92 Å². The third-order valence-corrected chi connectivity index (χ3v) is 3.00. The van der Waals surface area contributed by atoms with E-state index >= 15 is 0 Å². The van der Waals surface area contributed by atoms with Gasteiger partial charge in [0, 0.05) is 13.1 Å². The van der Waals surface area contributed by atoms with E-state index in [2.05, 4.69) is 15.4 Å². The molecule has 2 aromatic heterocycles. The number of nitrogen functional groups attached to an aromatic ring is 1. The third kappa shape index (κ3) is 3.13. The Morgan fingerprint density at radius 1 is 1.43 bits per heavy atom. The second kappa shape index (κ2) is 6.25. The van der Waals surface area contributed by atoms with Crippen molar-refractivity contribution in [2.24, 2.45) is 7.05 Å². The molecule has 1 amide bonds. The molecule has 2 aromatic rings. The molecule has 7 heteroatoms. The average Bonchev–Trinajstić information content (AvgIpc) is 2.75. The minimum atomic E-state index is -0.312. The van der Waals surface area contributed by atoms with Crippen molar-refractivity contribution in [2.75, 3.05) is 17.7 Å². The molecule has 0 aromatic carbocycles. The lowest BCUT2D eigenvalue weighted by molar-refractivity contribution is 0.101. The standard InChI is InChI=1S/C14H19N5O2/c1-4-10-12(15)13(19(3)18-10)14(20)17-9-6-7-11(16-8-9)21-5-2/h6-8H,4-5,15H2,1-3H3,(H,17,20). The number of carbonyl (C=O) groups excluding carboxylic acids is 1. The van der Waals surface area contributed by atoms with Gasteiger partial charge in [-0.15, -0.1) is 0 Å². The lowest BCUT2D eigenvalue weighted by atomic mass is 10.2. The van der Waals surface area contributed by atoms with Crippen molar-refractivity contribution < 1.29 is 9.53 Å². The smallest absolute Gasteiger partial charge is 0.276 e. The molecular formula is C14H19N5O2. The Morgan fingerprint density at radius 2 is 2.19 bits per heavy atom. The number of hydrogen-bond acceptors (Lipinski definition) is 5. The maximum atomic E-state index is 12.3. The van der Waals surface area contributed by atoms with E-state index in [9.17, 15) is 4.79 Å². The largest absolute Gasteiger partial charge is 0.478 e. The lowest BCUT2D eigenvalue weighted by Gasteiger charge is -2.07. The molecule has 3 N–H and O–H groups in total. The molecule has 21 heavy (non-hydrogen) atoms. The van der Waals surface area contributed by atoms with Gasteiger partial charge in [-0.25, -0.2) is 4.98 Å². The molecule has 0 aliphatic rings. The van der Waals surface area contributed by atoms with Crippen LogP contribution in [-0.4, -0.2) is 27.3 Å². The van der Waals surface area contributed by atoms with E-state index in [0.29, 0.717) is 41.7 Å². The van der Waals surface area contributed by atoms with Crippen LogP contribution in [0.25, 0.3) is 0 Å². The van der Waals surface area contributed by atoms with E-state index < -0.39 is 0 Å². The van der Waals surface area contributed by atoms with Crippen molar-refractivity contribution in [3.05, 3.63) is 29.7 Å². The quantitative estimate of drug-likeness (QED) is 0.872. The van der Waals surface area contributed by atoms with E-state index in [1.54, 1.807) is 19.2 Å². The zero-order chi connectivity index (χ0) is 15.4. The van der Waals surface area contributed by atoms with Crippen LogP contribution in [0.15, 0.2) is 18.3 Å². The number of nitrogens with zero attached hydrogens (tertiary/aromatic N) is 3. The fraction of sp³-hybridized carbons (Fsp3) is 0.357. The molecule has 0 atom stereocenters. The minimum absolute atomic E-state index is 0.312. The Morgan fingerprint density at radius 3 is 2.71 bits per heavy atom. The van der Waals surface area contributed by atoms with Crippen molar-refractivity contribution in [3.63, 3.8) is 0 Å². The molecule has 0 fully saturated rings. The van der Waals surface area contributed by atoms with Crippen molar-refractivity contribution in [3.8, 4) is 5.88 Å². The number of pyridine rings is 1. The van der Waals surface area contributed by atoms with Crippen molar-refractivity contribution >= 4 is 17.3 Å². The van der Waals surface area contributed by atoms with Gasteiger partial charge in [0.25, 0.3) is 5.91 Å². The van der Waals surface area contributed by atoms with Crippen LogP contribution in [-0.2, 0) is 13.5 Å². The molecule has 0 saturated heterocycles. The van der Waals surface area contributed by atoms with E-state index in [-0.39, 0.29) is 5.91 Å². The molecule has 0 saturated carbocycles. The summed E-state index contributed by atoms with van der Waals surface area (Å²) in [5.41, 5.74) is 8.00. The summed E-state index contributed by atoms with van der Waals surface area (Å²) in [5.74, 6) is 0.206. The highest BCUT2D eigenvalue weighted by atomic mass is 16.5. The summed E-state index contributed by atoms with van der Waals surface area (Å²) in [6.45, 7) is 4.37. The molecule has 112 valence electrons. The highest BCUT2D eigenvalue weighted by molar-refractivity contribution is 6.06. The van der Waals surface area contributed by atoms with E-state index in [1.165, 1.54) is 10.9 Å². The third-order valence-electron chi connectivity index (χ3n) is 3.00. The monoisotopic (exact) mass is 289 g/mol. The maximum absolute atomic E-state index is 12.3. The van der Waals surface area contributed by atoms with Crippen LogP contribution >= 0.6 is 0 Å². The Labute approximate surface area is 123 Å². The minimum Gasteiger partial charge on any atom is -0.478 e. The highest BCUT2D eigenvalue weighted by Crippen LogP contribution is 2.19. The number of aromatic nitrogens is 3. The van der Waals surface area contributed by atoms with Gasteiger partial charge in [0.1, 0.15) is 5.69 Å². The normalized spacial score (nSPS) is 10.4. The van der Waals surface area contributed by atoms with E-state index in [1.807, 2.05) is 13.8 Å². The van der Waals surface area contributed by atoms with Crippen LogP contribution in [0.5, 0.6) is 5.88 Å². The number of anilines is 2. The van der Waals surface area contributed by atoms with Gasteiger partial charge in [0.2, 0.25) is 5.88 Å². The Hall–Kier alpha value is -2.57. The summed E-state index contributed by atoms with van der Waals surface area (Å²) in [5, 5.41) is 6.97. The van der Waals surface area contributed by atoms with Crippen LogP contribution in [0.1, 0.15) is 30.0 Å². The number of nitrogens with two attached hydrogens (primary N) is 1. The Balaban J connectivity index is 2.16. The molecule has 0 aliphatic carbocycles. The summed E-state index contributed by atoms with van der Waals surface area (Å²) in [6.07, 6.45) is 2.22. The number of ether oxygens (including phenoxy) is 1. The maximum Gasteiger partial charge on any atom is 0.276 e. The SMILES string of the molecule is CCOc1ccc(NC(=O)c2c(N)c(CC)nn2C)cn1. The predicted octanol–water partition coefficient (Wildman–Crippen LogP) is 1.61. The molecule has 2 heterocycles. The number of hydrogen-bond donors (Lipinski definition) is 2. The fourth-order valence-corrected chi connectivity index (χ4v) is 2.00.